The minimum Gasteiger partial charge on any atom is -0.381 e. The molecule has 0 spiro atoms. The Kier molecular flexibility index (Phi) is 3.91. The van der Waals surface area contributed by atoms with Gasteiger partial charge >= 0.3 is 7.82 Å². The van der Waals surface area contributed by atoms with Crippen LogP contribution in [0, 0.1) is 6.92 Å². The smallest absolute Gasteiger partial charge is 0.381 e. The molecule has 0 unspecified atom stereocenters. The number of nitrogen functional groups attached to an aromatic ring is 1. The highest BCUT2D eigenvalue weighted by Gasteiger charge is 2.00. The maximum absolute atomic E-state index is 8.88. The number of hydrogen-bond donors (Lipinski definition) is 4. The van der Waals surface area contributed by atoms with E-state index in [2.05, 4.69) is 9.68 Å². The largest absolute Gasteiger partial charge is 0.466 e. The van der Waals surface area contributed by atoms with E-state index in [0.717, 1.165) is 5.76 Å². The predicted octanol–water partition coefficient (Wildman–Crippen LogP) is -0.363. The summed E-state index contributed by atoms with van der Waals surface area (Å²) in [7, 11) is -4.64. The molecule has 0 bridgehead atoms. The highest BCUT2D eigenvalue weighted by atomic mass is 31.2. The van der Waals surface area contributed by atoms with Crippen molar-refractivity contribution in [2.75, 3.05) is 5.73 Å². The first-order valence-corrected chi connectivity index (χ1v) is 4.32. The quantitative estimate of drug-likeness (QED) is 0.416. The zero-order valence-corrected chi connectivity index (χ0v) is 7.10. The number of nitrogens with two attached hydrogens (primary N) is 1. The lowest BCUT2D eigenvalue weighted by molar-refractivity contribution is 0.275. The van der Waals surface area contributed by atoms with Crippen LogP contribution in [-0.4, -0.2) is 19.8 Å². The van der Waals surface area contributed by atoms with Crippen molar-refractivity contribution in [2.45, 2.75) is 6.92 Å². The second-order valence-electron chi connectivity index (χ2n) is 1.88. The minimum atomic E-state index is -4.64. The number of hydrogen-bond acceptors (Lipinski definition) is 4. The summed E-state index contributed by atoms with van der Waals surface area (Å²) in [4.78, 5) is 21.6. The van der Waals surface area contributed by atoms with E-state index in [0.29, 0.717) is 5.82 Å². The molecule has 0 saturated heterocycles. The molecule has 70 valence electrons. The highest BCUT2D eigenvalue weighted by Crippen LogP contribution is 2.25. The standard InChI is InChI=1S/C4H6N2O.H3O4P/c1-3-2-4(5)6-7-3;1-5(2,3)4/h2H,1H3,(H2,5,6);(H3,1,2,3,4). The molecule has 1 heterocycles. The Hall–Kier alpha value is -0.880. The van der Waals surface area contributed by atoms with Crippen LogP contribution >= 0.6 is 7.82 Å². The molecule has 0 amide bonds. The Bertz CT molecular complexity index is 254. The highest BCUT2D eigenvalue weighted by molar-refractivity contribution is 7.45. The first-order chi connectivity index (χ1) is 5.29. The van der Waals surface area contributed by atoms with E-state index in [1.54, 1.807) is 13.0 Å². The second kappa shape index (κ2) is 4.22. The third-order valence-electron chi connectivity index (χ3n) is 0.646. The van der Waals surface area contributed by atoms with Crippen molar-refractivity contribution >= 4 is 13.6 Å². The van der Waals surface area contributed by atoms with Crippen molar-refractivity contribution in [1.82, 2.24) is 5.16 Å². The maximum Gasteiger partial charge on any atom is 0.466 e. The van der Waals surface area contributed by atoms with E-state index in [1.165, 1.54) is 0 Å². The van der Waals surface area contributed by atoms with E-state index >= 15 is 0 Å². The van der Waals surface area contributed by atoms with Crippen molar-refractivity contribution in [1.29, 1.82) is 0 Å². The van der Waals surface area contributed by atoms with Crippen molar-refractivity contribution in [2.24, 2.45) is 0 Å². The molecule has 1 rings (SSSR count). The van der Waals surface area contributed by atoms with Gasteiger partial charge in [0.1, 0.15) is 5.76 Å². The van der Waals surface area contributed by atoms with E-state index in [4.69, 9.17) is 25.0 Å². The number of nitrogens with zero attached hydrogens (tertiary/aromatic N) is 1. The Labute approximate surface area is 68.0 Å². The van der Waals surface area contributed by atoms with Gasteiger partial charge in [-0.05, 0) is 6.92 Å². The van der Waals surface area contributed by atoms with Crippen LogP contribution in [0.2, 0.25) is 0 Å². The van der Waals surface area contributed by atoms with Crippen LogP contribution in [0.25, 0.3) is 0 Å². The summed E-state index contributed by atoms with van der Waals surface area (Å²) in [6.07, 6.45) is 0. The molecule has 0 aliphatic heterocycles. The number of rotatable bonds is 0. The Morgan fingerprint density at radius 3 is 2.08 bits per heavy atom. The molecule has 0 saturated carbocycles. The van der Waals surface area contributed by atoms with Crippen molar-refractivity contribution in [3.8, 4) is 0 Å². The van der Waals surface area contributed by atoms with E-state index in [-0.39, 0.29) is 0 Å². The van der Waals surface area contributed by atoms with Gasteiger partial charge < -0.3 is 24.9 Å². The molecule has 0 aromatic carbocycles. The SMILES string of the molecule is Cc1cc(N)no1.O=P(O)(O)O. The summed E-state index contributed by atoms with van der Waals surface area (Å²) in [6.45, 7) is 1.80. The number of anilines is 1. The van der Waals surface area contributed by atoms with Crippen LogP contribution in [-0.2, 0) is 4.57 Å². The topological polar surface area (TPSA) is 130 Å². The van der Waals surface area contributed by atoms with Gasteiger partial charge in [-0.1, -0.05) is 5.16 Å². The Balaban J connectivity index is 0.000000217. The van der Waals surface area contributed by atoms with Gasteiger partial charge in [0, 0.05) is 6.07 Å². The predicted molar refractivity (Wildman–Crippen MR) is 39.9 cm³/mol. The van der Waals surface area contributed by atoms with Crippen molar-refractivity contribution < 1.29 is 23.8 Å². The lowest BCUT2D eigenvalue weighted by Crippen LogP contribution is -1.79. The van der Waals surface area contributed by atoms with Crippen LogP contribution in [0.15, 0.2) is 10.6 Å². The molecule has 0 aliphatic carbocycles. The maximum atomic E-state index is 8.88. The lowest BCUT2D eigenvalue weighted by Gasteiger charge is -1.82. The van der Waals surface area contributed by atoms with Gasteiger partial charge in [-0.2, -0.15) is 0 Å². The first-order valence-electron chi connectivity index (χ1n) is 2.76. The molecular weight excluding hydrogens is 187 g/mol. The van der Waals surface area contributed by atoms with Gasteiger partial charge in [0.25, 0.3) is 0 Å². The molecule has 1 aromatic rings. The van der Waals surface area contributed by atoms with Crippen LogP contribution in [0.1, 0.15) is 5.76 Å². The summed E-state index contributed by atoms with van der Waals surface area (Å²) in [5.74, 6) is 1.19. The molecule has 0 atom stereocenters. The van der Waals surface area contributed by atoms with Crippen LogP contribution in [0.5, 0.6) is 0 Å². The van der Waals surface area contributed by atoms with E-state index < -0.39 is 7.82 Å². The fourth-order valence-electron chi connectivity index (χ4n) is 0.386. The van der Waals surface area contributed by atoms with Gasteiger partial charge in [0.2, 0.25) is 0 Å². The summed E-state index contributed by atoms with van der Waals surface area (Å²) < 4.78 is 13.5. The monoisotopic (exact) mass is 196 g/mol. The number of aromatic nitrogens is 1. The third kappa shape index (κ3) is 9.12. The van der Waals surface area contributed by atoms with Gasteiger partial charge in [0.15, 0.2) is 5.82 Å². The van der Waals surface area contributed by atoms with Crippen molar-refractivity contribution in [3.63, 3.8) is 0 Å². The van der Waals surface area contributed by atoms with Gasteiger partial charge in [-0.25, -0.2) is 4.57 Å². The fraction of sp³-hybridized carbons (Fsp3) is 0.250. The molecular formula is C4H9N2O5P. The normalized spacial score (nSPS) is 10.3. The first kappa shape index (κ1) is 11.1. The number of aryl methyl sites for hydroxylation is 1. The molecule has 0 aliphatic rings. The number of phosphoric acid groups is 1. The van der Waals surface area contributed by atoms with Gasteiger partial charge in [-0.3, -0.25) is 0 Å². The zero-order chi connectivity index (χ0) is 9.78. The van der Waals surface area contributed by atoms with Crippen molar-refractivity contribution in [3.05, 3.63) is 11.8 Å². The Morgan fingerprint density at radius 1 is 1.58 bits per heavy atom. The van der Waals surface area contributed by atoms with E-state index in [9.17, 15) is 0 Å². The third-order valence-corrected chi connectivity index (χ3v) is 0.646. The zero-order valence-electron chi connectivity index (χ0n) is 6.21. The summed E-state index contributed by atoms with van der Waals surface area (Å²) >= 11 is 0. The molecule has 0 radical (unpaired) electrons. The van der Waals surface area contributed by atoms with Crippen LogP contribution in [0.3, 0.4) is 0 Å². The molecule has 7 nitrogen and oxygen atoms in total. The lowest BCUT2D eigenvalue weighted by atomic mass is 10.5. The van der Waals surface area contributed by atoms with E-state index in [1.807, 2.05) is 0 Å². The molecule has 0 fully saturated rings. The molecule has 12 heavy (non-hydrogen) atoms. The van der Waals surface area contributed by atoms with Crippen LogP contribution in [0.4, 0.5) is 5.82 Å². The molecule has 1 aromatic heterocycles. The second-order valence-corrected chi connectivity index (χ2v) is 2.90. The summed E-state index contributed by atoms with van der Waals surface area (Å²) in [5, 5.41) is 3.42. The average molecular weight is 196 g/mol. The minimum absolute atomic E-state index is 0.442. The molecule has 8 heteroatoms. The average Bonchev–Trinajstić information content (AvgIpc) is 2.09. The summed E-state index contributed by atoms with van der Waals surface area (Å²) in [5.41, 5.74) is 5.17. The fourth-order valence-corrected chi connectivity index (χ4v) is 0.386. The van der Waals surface area contributed by atoms with Gasteiger partial charge in [0.05, 0.1) is 0 Å². The van der Waals surface area contributed by atoms with Crippen LogP contribution < -0.4 is 5.73 Å². The Morgan fingerprint density at radius 2 is 2.00 bits per heavy atom. The van der Waals surface area contributed by atoms with Gasteiger partial charge in [-0.15, -0.1) is 0 Å². The summed E-state index contributed by atoms with van der Waals surface area (Å²) in [6, 6.07) is 1.67. The molecule has 5 N–H and O–H groups in total.